The van der Waals surface area contributed by atoms with Gasteiger partial charge in [0.05, 0.1) is 18.6 Å². The van der Waals surface area contributed by atoms with E-state index in [4.69, 9.17) is 9.47 Å². The van der Waals surface area contributed by atoms with Crippen LogP contribution in [0, 0.1) is 5.92 Å². The first-order chi connectivity index (χ1) is 6.74. The third kappa shape index (κ3) is 4.07. The van der Waals surface area contributed by atoms with Crippen LogP contribution in [0.3, 0.4) is 0 Å². The van der Waals surface area contributed by atoms with Crippen molar-refractivity contribution >= 4 is 11.9 Å². The maximum Gasteiger partial charge on any atom is 0.333 e. The molecule has 0 unspecified atom stereocenters. The molecule has 4 heteroatoms. The Bertz CT molecular complexity index is 241. The van der Waals surface area contributed by atoms with Gasteiger partial charge in [0.1, 0.15) is 6.26 Å². The van der Waals surface area contributed by atoms with E-state index in [2.05, 4.69) is 0 Å². The second kappa shape index (κ2) is 5.42. The summed E-state index contributed by atoms with van der Waals surface area (Å²) in [5, 5.41) is 0. The third-order valence-electron chi connectivity index (χ3n) is 1.75. The lowest BCUT2D eigenvalue weighted by molar-refractivity contribution is -0.140. The van der Waals surface area contributed by atoms with E-state index in [-0.39, 0.29) is 11.9 Å². The van der Waals surface area contributed by atoms with Crippen LogP contribution < -0.4 is 0 Å². The van der Waals surface area contributed by atoms with Crippen molar-refractivity contribution < 1.29 is 19.1 Å². The van der Waals surface area contributed by atoms with Crippen molar-refractivity contribution in [2.45, 2.75) is 26.2 Å². The Labute approximate surface area is 82.9 Å². The Hall–Kier alpha value is -1.32. The Morgan fingerprint density at radius 3 is 2.71 bits per heavy atom. The van der Waals surface area contributed by atoms with E-state index in [0.29, 0.717) is 6.61 Å². The molecule has 4 nitrogen and oxygen atoms in total. The summed E-state index contributed by atoms with van der Waals surface area (Å²) in [5.74, 6) is -0.689. The molecule has 0 N–H and O–H groups in total. The van der Waals surface area contributed by atoms with Gasteiger partial charge in [-0.05, 0) is 19.3 Å². The van der Waals surface area contributed by atoms with Gasteiger partial charge in [0, 0.05) is 0 Å². The molecule has 1 aliphatic carbocycles. The number of carbonyl (C=O) groups is 2. The van der Waals surface area contributed by atoms with Gasteiger partial charge in [-0.25, -0.2) is 4.79 Å². The van der Waals surface area contributed by atoms with Crippen molar-refractivity contribution in [2.24, 2.45) is 5.92 Å². The van der Waals surface area contributed by atoms with E-state index >= 15 is 0 Å². The van der Waals surface area contributed by atoms with Crippen LogP contribution in [0.1, 0.15) is 26.2 Å². The number of hydrogen-bond donors (Lipinski definition) is 0. The second-order valence-corrected chi connectivity index (χ2v) is 3.18. The highest BCUT2D eigenvalue weighted by Gasteiger charge is 2.30. The maximum absolute atomic E-state index is 11.0. The highest BCUT2D eigenvalue weighted by Crippen LogP contribution is 2.30. The molecule has 0 bridgehead atoms. The Balaban J connectivity index is 2.12. The molecule has 78 valence electrons. The molecular formula is C10H14O4. The summed E-state index contributed by atoms with van der Waals surface area (Å²) in [5.41, 5.74) is 0. The Kier molecular flexibility index (Phi) is 4.16. The molecule has 0 aromatic carbocycles. The molecule has 0 aromatic heterocycles. The third-order valence-corrected chi connectivity index (χ3v) is 1.75. The van der Waals surface area contributed by atoms with Gasteiger partial charge in [-0.2, -0.15) is 0 Å². The lowest BCUT2D eigenvalue weighted by atomic mass is 10.4. The quantitative estimate of drug-likeness (QED) is 0.380. The molecule has 1 rings (SSSR count). The van der Waals surface area contributed by atoms with E-state index in [1.807, 2.05) is 6.92 Å². The van der Waals surface area contributed by atoms with E-state index in [9.17, 15) is 9.59 Å². The summed E-state index contributed by atoms with van der Waals surface area (Å²) in [7, 11) is 0. The topological polar surface area (TPSA) is 52.6 Å². The molecule has 0 amide bonds. The predicted molar refractivity (Wildman–Crippen MR) is 49.2 cm³/mol. The van der Waals surface area contributed by atoms with Gasteiger partial charge in [0.15, 0.2) is 0 Å². The Morgan fingerprint density at radius 2 is 2.14 bits per heavy atom. The van der Waals surface area contributed by atoms with E-state index in [1.54, 1.807) is 0 Å². The number of carbonyl (C=O) groups excluding carboxylic acids is 2. The van der Waals surface area contributed by atoms with Crippen molar-refractivity contribution in [3.63, 3.8) is 0 Å². The minimum Gasteiger partial charge on any atom is -0.462 e. The van der Waals surface area contributed by atoms with Crippen LogP contribution >= 0.6 is 0 Å². The zero-order valence-corrected chi connectivity index (χ0v) is 8.19. The van der Waals surface area contributed by atoms with Gasteiger partial charge in [-0.1, -0.05) is 6.92 Å². The summed E-state index contributed by atoms with van der Waals surface area (Å²) >= 11 is 0. The average molecular weight is 198 g/mol. The monoisotopic (exact) mass is 198 g/mol. The van der Waals surface area contributed by atoms with Crippen molar-refractivity contribution in [2.75, 3.05) is 6.61 Å². The van der Waals surface area contributed by atoms with Gasteiger partial charge >= 0.3 is 11.9 Å². The van der Waals surface area contributed by atoms with Gasteiger partial charge in [-0.3, -0.25) is 4.79 Å². The Morgan fingerprint density at radius 1 is 1.43 bits per heavy atom. The van der Waals surface area contributed by atoms with Gasteiger partial charge in [-0.15, -0.1) is 0 Å². The summed E-state index contributed by atoms with van der Waals surface area (Å²) < 4.78 is 9.43. The fourth-order valence-electron chi connectivity index (χ4n) is 0.823. The summed E-state index contributed by atoms with van der Waals surface area (Å²) in [6.07, 6.45) is 4.79. The minimum atomic E-state index is -0.476. The van der Waals surface area contributed by atoms with E-state index in [1.165, 1.54) is 0 Å². The van der Waals surface area contributed by atoms with Crippen LogP contribution in [0.4, 0.5) is 0 Å². The first kappa shape index (κ1) is 10.8. The van der Waals surface area contributed by atoms with E-state index in [0.717, 1.165) is 31.6 Å². The van der Waals surface area contributed by atoms with Gasteiger partial charge in [0.25, 0.3) is 0 Å². The molecule has 0 atom stereocenters. The van der Waals surface area contributed by atoms with Crippen LogP contribution in [-0.2, 0) is 19.1 Å². The normalized spacial score (nSPS) is 15.5. The van der Waals surface area contributed by atoms with Crippen LogP contribution in [0.2, 0.25) is 0 Å². The summed E-state index contributed by atoms with van der Waals surface area (Å²) in [6, 6.07) is 0. The second-order valence-electron chi connectivity index (χ2n) is 3.18. The van der Waals surface area contributed by atoms with Crippen LogP contribution in [-0.4, -0.2) is 18.5 Å². The van der Waals surface area contributed by atoms with Gasteiger partial charge in [0.2, 0.25) is 0 Å². The van der Waals surface area contributed by atoms with Crippen LogP contribution in [0.15, 0.2) is 12.3 Å². The molecule has 1 saturated carbocycles. The lowest BCUT2D eigenvalue weighted by Crippen LogP contribution is -2.04. The predicted octanol–water partition coefficient (Wildman–Crippen LogP) is 1.41. The molecule has 1 aliphatic rings. The summed E-state index contributed by atoms with van der Waals surface area (Å²) in [6.45, 7) is 2.30. The molecule has 0 heterocycles. The van der Waals surface area contributed by atoms with Crippen molar-refractivity contribution in [3.05, 3.63) is 12.3 Å². The SMILES string of the molecule is CCCOC(=O)/C=C/OC(=O)C1CC1. The van der Waals surface area contributed by atoms with Crippen molar-refractivity contribution in [1.82, 2.24) is 0 Å². The number of hydrogen-bond acceptors (Lipinski definition) is 4. The molecular weight excluding hydrogens is 184 g/mol. The molecule has 0 saturated heterocycles. The number of esters is 2. The largest absolute Gasteiger partial charge is 0.462 e. The maximum atomic E-state index is 11.0. The zero-order valence-electron chi connectivity index (χ0n) is 8.19. The van der Waals surface area contributed by atoms with Crippen molar-refractivity contribution in [3.8, 4) is 0 Å². The first-order valence-electron chi connectivity index (χ1n) is 4.78. The fourth-order valence-corrected chi connectivity index (χ4v) is 0.823. The molecule has 0 aliphatic heterocycles. The van der Waals surface area contributed by atoms with Crippen LogP contribution in [0.5, 0.6) is 0 Å². The van der Waals surface area contributed by atoms with Gasteiger partial charge < -0.3 is 9.47 Å². The standard InChI is InChI=1S/C10H14O4/c1-2-6-13-9(11)5-7-14-10(12)8-3-4-8/h5,7-8H,2-4,6H2,1H3/b7-5+. The van der Waals surface area contributed by atoms with Crippen LogP contribution in [0.25, 0.3) is 0 Å². The average Bonchev–Trinajstić information content (AvgIpc) is 2.97. The molecule has 14 heavy (non-hydrogen) atoms. The molecule has 0 aromatic rings. The minimum absolute atomic E-state index is 0.0475. The lowest BCUT2D eigenvalue weighted by Gasteiger charge is -1.97. The molecule has 0 radical (unpaired) electrons. The highest BCUT2D eigenvalue weighted by molar-refractivity contribution is 5.82. The zero-order chi connectivity index (χ0) is 10.4. The fraction of sp³-hybridized carbons (Fsp3) is 0.600. The number of rotatable bonds is 5. The first-order valence-corrected chi connectivity index (χ1v) is 4.78. The summed E-state index contributed by atoms with van der Waals surface area (Å²) in [4.78, 5) is 21.8. The highest BCUT2D eigenvalue weighted by atomic mass is 16.5. The van der Waals surface area contributed by atoms with E-state index < -0.39 is 5.97 Å². The molecule has 1 fully saturated rings. The smallest absolute Gasteiger partial charge is 0.333 e. The number of ether oxygens (including phenoxy) is 2. The molecule has 0 spiro atoms. The van der Waals surface area contributed by atoms with Crippen molar-refractivity contribution in [1.29, 1.82) is 0 Å².